The number of nitrogens with two attached hydrogens (primary N) is 1. The molecule has 2 aliphatic rings. The van der Waals surface area contributed by atoms with Gasteiger partial charge in [0.2, 0.25) is 11.8 Å². The number of aromatic nitrogens is 1. The Hall–Kier alpha value is -1.84. The van der Waals surface area contributed by atoms with Crippen LogP contribution in [0.5, 0.6) is 0 Å². The number of thiazole rings is 1. The molecule has 2 fully saturated rings. The number of carbonyl (C=O) groups excluding carboxylic acids is 3. The van der Waals surface area contributed by atoms with Crippen molar-refractivity contribution in [2.75, 3.05) is 31.2 Å². The molecule has 1 saturated heterocycles. The normalized spacial score (nSPS) is 24.3. The highest BCUT2D eigenvalue weighted by Crippen LogP contribution is 2.42. The van der Waals surface area contributed by atoms with Gasteiger partial charge in [0, 0.05) is 24.7 Å². The molecule has 0 radical (unpaired) electrons. The molecule has 9 heteroatoms. The van der Waals surface area contributed by atoms with Crippen LogP contribution in [0.3, 0.4) is 0 Å². The van der Waals surface area contributed by atoms with Crippen molar-refractivity contribution >= 4 is 34.2 Å². The molecule has 0 spiro atoms. The van der Waals surface area contributed by atoms with Gasteiger partial charge in [0.15, 0.2) is 5.13 Å². The number of rotatable bonds is 4. The summed E-state index contributed by atoms with van der Waals surface area (Å²) in [6.45, 7) is 3.66. The number of anilines is 1. The van der Waals surface area contributed by atoms with Crippen molar-refractivity contribution in [1.29, 1.82) is 0 Å². The van der Waals surface area contributed by atoms with Crippen molar-refractivity contribution in [3.05, 3.63) is 11.6 Å². The maximum Gasteiger partial charge on any atom is 0.252 e. The number of morpholine rings is 1. The molecule has 3 rings (SSSR count). The first-order valence-electron chi connectivity index (χ1n) is 7.90. The summed E-state index contributed by atoms with van der Waals surface area (Å²) in [7, 11) is 0. The summed E-state index contributed by atoms with van der Waals surface area (Å²) >= 11 is 1.19. The van der Waals surface area contributed by atoms with Crippen molar-refractivity contribution in [3.8, 4) is 0 Å². The molecule has 1 unspecified atom stereocenters. The molecule has 1 saturated carbocycles. The van der Waals surface area contributed by atoms with Crippen LogP contribution in [0.25, 0.3) is 0 Å². The maximum atomic E-state index is 12.8. The minimum absolute atomic E-state index is 0.0380. The Morgan fingerprint density at radius 1 is 1.38 bits per heavy atom. The summed E-state index contributed by atoms with van der Waals surface area (Å²) in [4.78, 5) is 44.4. The monoisotopic (exact) mass is 352 g/mol. The predicted octanol–water partition coefficient (Wildman–Crippen LogP) is -0.155. The number of amides is 3. The van der Waals surface area contributed by atoms with Gasteiger partial charge in [-0.3, -0.25) is 14.4 Å². The van der Waals surface area contributed by atoms with Crippen LogP contribution in [0.1, 0.15) is 13.3 Å². The van der Waals surface area contributed by atoms with E-state index in [0.717, 1.165) is 4.90 Å². The Morgan fingerprint density at radius 2 is 2.08 bits per heavy atom. The highest BCUT2D eigenvalue weighted by atomic mass is 32.1. The molecule has 0 bridgehead atoms. The third kappa shape index (κ3) is 3.33. The van der Waals surface area contributed by atoms with Crippen LogP contribution < -0.4 is 10.6 Å². The van der Waals surface area contributed by atoms with Gasteiger partial charge in [-0.2, -0.15) is 0 Å². The van der Waals surface area contributed by atoms with E-state index >= 15 is 0 Å². The minimum atomic E-state index is -0.815. The molecule has 3 amide bonds. The number of nitrogens with zero attached hydrogens (tertiary/aromatic N) is 3. The lowest BCUT2D eigenvalue weighted by molar-refractivity contribution is -0.138. The second kappa shape index (κ2) is 6.96. The first-order valence-corrected chi connectivity index (χ1v) is 8.78. The Balaban J connectivity index is 1.70. The van der Waals surface area contributed by atoms with Crippen molar-refractivity contribution in [1.82, 2.24) is 9.88 Å². The Bertz CT molecular complexity index is 627. The molecule has 3 atom stereocenters. The minimum Gasteiger partial charge on any atom is -0.378 e. The van der Waals surface area contributed by atoms with E-state index in [1.165, 1.54) is 24.5 Å². The van der Waals surface area contributed by atoms with Crippen molar-refractivity contribution in [3.63, 3.8) is 0 Å². The van der Waals surface area contributed by atoms with Crippen LogP contribution >= 0.6 is 11.3 Å². The first kappa shape index (κ1) is 17.0. The van der Waals surface area contributed by atoms with Crippen molar-refractivity contribution in [2.24, 2.45) is 17.6 Å². The smallest absolute Gasteiger partial charge is 0.252 e. The van der Waals surface area contributed by atoms with E-state index in [1.54, 1.807) is 10.3 Å². The van der Waals surface area contributed by atoms with Gasteiger partial charge in [0.05, 0.1) is 31.1 Å². The van der Waals surface area contributed by atoms with Gasteiger partial charge in [-0.25, -0.2) is 9.88 Å². The topological polar surface area (TPSA) is 106 Å². The van der Waals surface area contributed by atoms with Crippen LogP contribution in [0, 0.1) is 11.8 Å². The summed E-state index contributed by atoms with van der Waals surface area (Å²) in [5.74, 6) is -1.77. The average molecular weight is 352 g/mol. The van der Waals surface area contributed by atoms with E-state index in [1.807, 2.05) is 0 Å². The Morgan fingerprint density at radius 3 is 2.67 bits per heavy atom. The summed E-state index contributed by atoms with van der Waals surface area (Å²) in [5, 5.41) is 1.99. The second-order valence-electron chi connectivity index (χ2n) is 6.00. The first-order chi connectivity index (χ1) is 11.5. The molecular formula is C15H20N4O4S. The lowest BCUT2D eigenvalue weighted by atomic mass is 10.2. The molecular weight excluding hydrogens is 332 g/mol. The Kier molecular flexibility index (Phi) is 4.93. The van der Waals surface area contributed by atoms with Crippen LogP contribution in [-0.2, 0) is 19.1 Å². The molecule has 1 aromatic rings. The van der Waals surface area contributed by atoms with Gasteiger partial charge in [-0.15, -0.1) is 11.3 Å². The van der Waals surface area contributed by atoms with E-state index in [2.05, 4.69) is 4.98 Å². The highest BCUT2D eigenvalue weighted by molar-refractivity contribution is 7.14. The zero-order valence-corrected chi connectivity index (χ0v) is 14.2. The zero-order valence-electron chi connectivity index (χ0n) is 13.4. The third-order valence-corrected chi connectivity index (χ3v) is 4.95. The fourth-order valence-electron chi connectivity index (χ4n) is 2.75. The van der Waals surface area contributed by atoms with Crippen LogP contribution in [0.15, 0.2) is 11.6 Å². The number of hydrogen-bond donors (Lipinski definition) is 1. The van der Waals surface area contributed by atoms with Gasteiger partial charge >= 0.3 is 0 Å². The van der Waals surface area contributed by atoms with Gasteiger partial charge in [0.25, 0.3) is 5.91 Å². The van der Waals surface area contributed by atoms with Crippen LogP contribution in [0.2, 0.25) is 0 Å². The highest BCUT2D eigenvalue weighted by Gasteiger charge is 2.52. The largest absolute Gasteiger partial charge is 0.378 e. The Labute approximate surface area is 143 Å². The summed E-state index contributed by atoms with van der Waals surface area (Å²) in [5.41, 5.74) is 5.66. The van der Waals surface area contributed by atoms with E-state index < -0.39 is 17.9 Å². The second-order valence-corrected chi connectivity index (χ2v) is 6.87. The van der Waals surface area contributed by atoms with E-state index in [9.17, 15) is 14.4 Å². The van der Waals surface area contributed by atoms with Gasteiger partial charge in [-0.1, -0.05) is 0 Å². The van der Waals surface area contributed by atoms with Gasteiger partial charge in [0.1, 0.15) is 0 Å². The SMILES string of the molecule is C[C@@H](N)C(=O)N(C(=O)[C@@H]1CC1C(=O)N1CCOCC1)c1nccs1. The van der Waals surface area contributed by atoms with Crippen LogP contribution in [0.4, 0.5) is 5.13 Å². The third-order valence-electron chi connectivity index (χ3n) is 4.19. The lowest BCUT2D eigenvalue weighted by Crippen LogP contribution is -2.47. The lowest BCUT2D eigenvalue weighted by Gasteiger charge is -2.27. The van der Waals surface area contributed by atoms with E-state index in [-0.39, 0.29) is 17.7 Å². The number of imide groups is 1. The zero-order chi connectivity index (χ0) is 17.3. The molecule has 1 aromatic heterocycles. The van der Waals surface area contributed by atoms with E-state index in [4.69, 9.17) is 10.5 Å². The summed E-state index contributed by atoms with van der Waals surface area (Å²) < 4.78 is 5.23. The quantitative estimate of drug-likeness (QED) is 0.807. The molecule has 2 heterocycles. The van der Waals surface area contributed by atoms with Gasteiger partial charge < -0.3 is 15.4 Å². The van der Waals surface area contributed by atoms with Crippen LogP contribution in [-0.4, -0.2) is 60.0 Å². The predicted molar refractivity (Wildman–Crippen MR) is 87.3 cm³/mol. The summed E-state index contributed by atoms with van der Waals surface area (Å²) in [6, 6.07) is -0.815. The van der Waals surface area contributed by atoms with Crippen molar-refractivity contribution in [2.45, 2.75) is 19.4 Å². The molecule has 24 heavy (non-hydrogen) atoms. The number of carbonyl (C=O) groups is 3. The fourth-order valence-corrected chi connectivity index (χ4v) is 3.40. The molecule has 130 valence electrons. The molecule has 8 nitrogen and oxygen atoms in total. The number of ether oxygens (including phenoxy) is 1. The average Bonchev–Trinajstić information content (AvgIpc) is 3.22. The van der Waals surface area contributed by atoms with E-state index in [0.29, 0.717) is 37.9 Å². The maximum absolute atomic E-state index is 12.8. The number of hydrogen-bond acceptors (Lipinski definition) is 7. The van der Waals surface area contributed by atoms with Crippen molar-refractivity contribution < 1.29 is 19.1 Å². The molecule has 1 aliphatic heterocycles. The standard InChI is InChI=1S/C15H20N4O4S/c1-9(16)12(20)19(15-17-2-7-24-15)14(22)11-8-10(11)13(21)18-3-5-23-6-4-18/h2,7,9-11H,3-6,8,16H2,1H3/t9-,10?,11-/m1/s1. The van der Waals surface area contributed by atoms with Gasteiger partial charge in [-0.05, 0) is 13.3 Å². The molecule has 2 N–H and O–H groups in total. The summed E-state index contributed by atoms with van der Waals surface area (Å²) in [6.07, 6.45) is 1.99. The fraction of sp³-hybridized carbons (Fsp3) is 0.600. The molecule has 0 aromatic carbocycles. The molecule has 1 aliphatic carbocycles.